The molecule has 1 aliphatic heterocycles. The van der Waals surface area contributed by atoms with Crippen molar-refractivity contribution in [2.24, 2.45) is 0 Å². The molecule has 0 aromatic heterocycles. The average Bonchev–Trinajstić information content (AvgIpc) is 2.26. The minimum absolute atomic E-state index is 0.0612. The monoisotopic (exact) mass is 244 g/mol. The molecule has 0 unspecified atom stereocenters. The zero-order valence-electron chi connectivity index (χ0n) is 10.5. The Morgan fingerprint density at radius 1 is 1.29 bits per heavy atom. The van der Waals surface area contributed by atoms with Crippen molar-refractivity contribution in [2.45, 2.75) is 45.1 Å². The third-order valence-electron chi connectivity index (χ3n) is 2.65. The number of hydrogen-bond donors (Lipinski definition) is 2. The SMILES string of the molecule is CO[C@H]1O[C@H](CNC(C)=O)CC[C@@H]1NC(C)=O. The van der Waals surface area contributed by atoms with Gasteiger partial charge >= 0.3 is 0 Å². The van der Waals surface area contributed by atoms with Crippen LogP contribution in [0.2, 0.25) is 0 Å². The van der Waals surface area contributed by atoms with E-state index < -0.39 is 6.29 Å². The van der Waals surface area contributed by atoms with E-state index in [4.69, 9.17) is 9.47 Å². The van der Waals surface area contributed by atoms with E-state index in [-0.39, 0.29) is 24.0 Å². The maximum absolute atomic E-state index is 11.0. The van der Waals surface area contributed by atoms with Crippen LogP contribution in [-0.2, 0) is 19.1 Å². The largest absolute Gasteiger partial charge is 0.354 e. The molecule has 98 valence electrons. The smallest absolute Gasteiger partial charge is 0.217 e. The molecule has 0 spiro atoms. The summed E-state index contributed by atoms with van der Waals surface area (Å²) in [6.07, 6.45) is 1.05. The van der Waals surface area contributed by atoms with Crippen molar-refractivity contribution >= 4 is 11.8 Å². The van der Waals surface area contributed by atoms with Gasteiger partial charge in [-0.05, 0) is 12.8 Å². The van der Waals surface area contributed by atoms with Gasteiger partial charge in [-0.15, -0.1) is 0 Å². The van der Waals surface area contributed by atoms with E-state index in [1.54, 1.807) is 7.11 Å². The normalized spacial score (nSPS) is 28.5. The van der Waals surface area contributed by atoms with Crippen LogP contribution < -0.4 is 10.6 Å². The standard InChI is InChI=1S/C11H20N2O4/c1-7(14)12-6-9-4-5-10(13-8(2)15)11(16-3)17-9/h9-11H,4-6H2,1-3H3,(H,12,14)(H,13,15)/t9-,10-,11-/m0/s1. The lowest BCUT2D eigenvalue weighted by Gasteiger charge is -2.35. The Kier molecular flexibility index (Phi) is 5.37. The Bertz CT molecular complexity index is 283. The molecule has 17 heavy (non-hydrogen) atoms. The first-order valence-electron chi connectivity index (χ1n) is 5.72. The van der Waals surface area contributed by atoms with Crippen molar-refractivity contribution in [1.29, 1.82) is 0 Å². The summed E-state index contributed by atoms with van der Waals surface area (Å²) in [5, 5.41) is 5.50. The molecule has 2 N–H and O–H groups in total. The van der Waals surface area contributed by atoms with Gasteiger partial charge < -0.3 is 20.1 Å². The summed E-state index contributed by atoms with van der Waals surface area (Å²) in [4.78, 5) is 21.8. The fraction of sp³-hybridized carbons (Fsp3) is 0.818. The molecular formula is C11H20N2O4. The second kappa shape index (κ2) is 6.56. The van der Waals surface area contributed by atoms with Crippen LogP contribution in [0.5, 0.6) is 0 Å². The second-order valence-corrected chi connectivity index (χ2v) is 4.18. The van der Waals surface area contributed by atoms with Crippen molar-refractivity contribution in [2.75, 3.05) is 13.7 Å². The van der Waals surface area contributed by atoms with Crippen LogP contribution in [0.4, 0.5) is 0 Å². The highest BCUT2D eigenvalue weighted by atomic mass is 16.7. The highest BCUT2D eigenvalue weighted by Crippen LogP contribution is 2.19. The van der Waals surface area contributed by atoms with Crippen LogP contribution in [0.15, 0.2) is 0 Å². The first-order valence-corrected chi connectivity index (χ1v) is 5.72. The Morgan fingerprint density at radius 2 is 2.00 bits per heavy atom. The molecule has 1 saturated heterocycles. The van der Waals surface area contributed by atoms with E-state index in [1.807, 2.05) is 0 Å². The molecule has 1 heterocycles. The van der Waals surface area contributed by atoms with E-state index in [2.05, 4.69) is 10.6 Å². The molecule has 2 amide bonds. The number of rotatable bonds is 4. The van der Waals surface area contributed by atoms with Crippen LogP contribution in [-0.4, -0.2) is 43.9 Å². The lowest BCUT2D eigenvalue weighted by Crippen LogP contribution is -2.51. The van der Waals surface area contributed by atoms with Gasteiger partial charge in [0.25, 0.3) is 0 Å². The molecule has 6 nitrogen and oxygen atoms in total. The van der Waals surface area contributed by atoms with Gasteiger partial charge in [-0.1, -0.05) is 0 Å². The van der Waals surface area contributed by atoms with Gasteiger partial charge in [0, 0.05) is 27.5 Å². The van der Waals surface area contributed by atoms with Crippen LogP contribution >= 0.6 is 0 Å². The fourth-order valence-electron chi connectivity index (χ4n) is 1.88. The zero-order chi connectivity index (χ0) is 12.8. The Morgan fingerprint density at radius 3 is 2.53 bits per heavy atom. The number of amides is 2. The molecule has 0 bridgehead atoms. The lowest BCUT2D eigenvalue weighted by atomic mass is 10.0. The van der Waals surface area contributed by atoms with Crippen molar-refractivity contribution in [1.82, 2.24) is 10.6 Å². The quantitative estimate of drug-likeness (QED) is 0.716. The predicted molar refractivity (Wildman–Crippen MR) is 61.2 cm³/mol. The minimum Gasteiger partial charge on any atom is -0.354 e. The number of carbonyl (C=O) groups is 2. The van der Waals surface area contributed by atoms with Gasteiger partial charge in [0.05, 0.1) is 12.1 Å². The molecule has 0 radical (unpaired) electrons. The van der Waals surface area contributed by atoms with E-state index in [1.165, 1.54) is 13.8 Å². The van der Waals surface area contributed by atoms with Crippen LogP contribution in [0.3, 0.4) is 0 Å². The molecule has 0 saturated carbocycles. The van der Waals surface area contributed by atoms with Gasteiger partial charge in [-0.2, -0.15) is 0 Å². The Balaban J connectivity index is 2.42. The molecule has 3 atom stereocenters. The van der Waals surface area contributed by atoms with E-state index in [0.29, 0.717) is 6.54 Å². The van der Waals surface area contributed by atoms with Crippen LogP contribution in [0.25, 0.3) is 0 Å². The summed E-state index contributed by atoms with van der Waals surface area (Å²) < 4.78 is 10.8. The molecular weight excluding hydrogens is 224 g/mol. The molecule has 0 aliphatic carbocycles. The minimum atomic E-state index is -0.452. The van der Waals surface area contributed by atoms with Gasteiger partial charge in [0.15, 0.2) is 6.29 Å². The lowest BCUT2D eigenvalue weighted by molar-refractivity contribution is -0.194. The predicted octanol–water partition coefficient (Wildman–Crippen LogP) is -0.221. The summed E-state index contributed by atoms with van der Waals surface area (Å²) in [5.41, 5.74) is 0. The summed E-state index contributed by atoms with van der Waals surface area (Å²) in [5.74, 6) is -0.174. The van der Waals surface area contributed by atoms with E-state index in [0.717, 1.165) is 12.8 Å². The third-order valence-corrected chi connectivity index (χ3v) is 2.65. The topological polar surface area (TPSA) is 76.7 Å². The fourth-order valence-corrected chi connectivity index (χ4v) is 1.88. The highest BCUT2D eigenvalue weighted by molar-refractivity contribution is 5.73. The number of carbonyl (C=O) groups excluding carboxylic acids is 2. The maximum atomic E-state index is 11.0. The van der Waals surface area contributed by atoms with E-state index in [9.17, 15) is 9.59 Å². The molecule has 0 aromatic rings. The zero-order valence-corrected chi connectivity index (χ0v) is 10.5. The number of ether oxygens (including phenoxy) is 2. The van der Waals surface area contributed by atoms with Crippen molar-refractivity contribution in [3.63, 3.8) is 0 Å². The summed E-state index contributed by atoms with van der Waals surface area (Å²) >= 11 is 0. The summed E-state index contributed by atoms with van der Waals surface area (Å²) in [7, 11) is 1.54. The van der Waals surface area contributed by atoms with Gasteiger partial charge in [-0.3, -0.25) is 9.59 Å². The summed E-state index contributed by atoms with van der Waals surface area (Å²) in [6, 6.07) is -0.119. The molecule has 1 rings (SSSR count). The Hall–Kier alpha value is -1.14. The van der Waals surface area contributed by atoms with Crippen molar-refractivity contribution < 1.29 is 19.1 Å². The maximum Gasteiger partial charge on any atom is 0.217 e. The van der Waals surface area contributed by atoms with Crippen LogP contribution in [0, 0.1) is 0 Å². The molecule has 1 aliphatic rings. The highest BCUT2D eigenvalue weighted by Gasteiger charge is 2.31. The Labute approximate surface area is 101 Å². The first-order chi connectivity index (χ1) is 8.02. The number of nitrogens with one attached hydrogen (secondary N) is 2. The first kappa shape index (κ1) is 13.9. The van der Waals surface area contributed by atoms with Gasteiger partial charge in [-0.25, -0.2) is 0 Å². The molecule has 1 fully saturated rings. The average molecular weight is 244 g/mol. The van der Waals surface area contributed by atoms with E-state index >= 15 is 0 Å². The second-order valence-electron chi connectivity index (χ2n) is 4.18. The van der Waals surface area contributed by atoms with Gasteiger partial charge in [0.1, 0.15) is 0 Å². The third kappa shape index (κ3) is 4.70. The molecule has 6 heteroatoms. The van der Waals surface area contributed by atoms with Crippen molar-refractivity contribution in [3.8, 4) is 0 Å². The number of methoxy groups -OCH3 is 1. The van der Waals surface area contributed by atoms with Crippen molar-refractivity contribution in [3.05, 3.63) is 0 Å². The molecule has 0 aromatic carbocycles. The summed E-state index contributed by atoms with van der Waals surface area (Å²) in [6.45, 7) is 3.41. The van der Waals surface area contributed by atoms with Crippen LogP contribution in [0.1, 0.15) is 26.7 Å². The number of hydrogen-bond acceptors (Lipinski definition) is 4. The van der Waals surface area contributed by atoms with Gasteiger partial charge in [0.2, 0.25) is 11.8 Å².